The third kappa shape index (κ3) is 2.84. The van der Waals surface area contributed by atoms with Gasteiger partial charge >= 0.3 is 0 Å². The molecule has 2 aromatic rings. The SMILES string of the molecule is NC(=O)c1ccn(-c2cc(Cl)ccc2CNC2CC2)n1. The number of rotatable bonds is 5. The highest BCUT2D eigenvalue weighted by atomic mass is 35.5. The third-order valence-corrected chi connectivity index (χ3v) is 3.53. The molecule has 1 aliphatic rings. The lowest BCUT2D eigenvalue weighted by Crippen LogP contribution is -2.17. The molecular weight excluding hydrogens is 276 g/mol. The average Bonchev–Trinajstić information content (AvgIpc) is 3.11. The Hall–Kier alpha value is -1.85. The van der Waals surface area contributed by atoms with Crippen LogP contribution in [-0.2, 0) is 6.54 Å². The van der Waals surface area contributed by atoms with Gasteiger partial charge in [0.05, 0.1) is 5.69 Å². The molecule has 1 aromatic heterocycles. The number of amides is 1. The van der Waals surface area contributed by atoms with Crippen molar-refractivity contribution in [3.05, 3.63) is 46.7 Å². The molecule has 1 aliphatic carbocycles. The van der Waals surface area contributed by atoms with E-state index in [9.17, 15) is 4.79 Å². The van der Waals surface area contributed by atoms with E-state index < -0.39 is 5.91 Å². The minimum Gasteiger partial charge on any atom is -0.364 e. The van der Waals surface area contributed by atoms with Crippen molar-refractivity contribution >= 4 is 17.5 Å². The Balaban J connectivity index is 1.91. The Bertz CT molecular complexity index is 648. The number of halogens is 1. The average molecular weight is 291 g/mol. The van der Waals surface area contributed by atoms with E-state index in [0.29, 0.717) is 11.1 Å². The van der Waals surface area contributed by atoms with Crippen LogP contribution in [-0.4, -0.2) is 21.7 Å². The second-order valence-corrected chi connectivity index (χ2v) is 5.37. The van der Waals surface area contributed by atoms with Crippen LogP contribution in [0.5, 0.6) is 0 Å². The number of nitrogens with one attached hydrogen (secondary N) is 1. The van der Waals surface area contributed by atoms with Gasteiger partial charge in [-0.1, -0.05) is 17.7 Å². The molecule has 6 heteroatoms. The van der Waals surface area contributed by atoms with Gasteiger partial charge in [0.2, 0.25) is 0 Å². The molecular formula is C14H15ClN4O. The van der Waals surface area contributed by atoms with E-state index in [4.69, 9.17) is 17.3 Å². The maximum Gasteiger partial charge on any atom is 0.269 e. The first-order valence-corrected chi connectivity index (χ1v) is 6.89. The summed E-state index contributed by atoms with van der Waals surface area (Å²) in [4.78, 5) is 11.1. The minimum absolute atomic E-state index is 0.242. The molecule has 1 aromatic carbocycles. The fourth-order valence-corrected chi connectivity index (χ4v) is 2.20. The summed E-state index contributed by atoms with van der Waals surface area (Å²) in [5.41, 5.74) is 7.41. The number of primary amides is 1. The summed E-state index contributed by atoms with van der Waals surface area (Å²) >= 11 is 6.06. The largest absolute Gasteiger partial charge is 0.364 e. The van der Waals surface area contributed by atoms with Crippen molar-refractivity contribution in [1.82, 2.24) is 15.1 Å². The highest BCUT2D eigenvalue weighted by Gasteiger charge is 2.20. The Morgan fingerprint density at radius 1 is 1.45 bits per heavy atom. The van der Waals surface area contributed by atoms with Crippen LogP contribution in [0.25, 0.3) is 5.69 Å². The van der Waals surface area contributed by atoms with Crippen LogP contribution < -0.4 is 11.1 Å². The van der Waals surface area contributed by atoms with Gasteiger partial charge in [-0.15, -0.1) is 0 Å². The number of hydrogen-bond donors (Lipinski definition) is 2. The van der Waals surface area contributed by atoms with Gasteiger partial charge in [0.1, 0.15) is 5.69 Å². The molecule has 0 unspecified atom stereocenters. The number of hydrogen-bond acceptors (Lipinski definition) is 3. The topological polar surface area (TPSA) is 72.9 Å². The lowest BCUT2D eigenvalue weighted by atomic mass is 10.1. The minimum atomic E-state index is -0.538. The van der Waals surface area contributed by atoms with Crippen molar-refractivity contribution < 1.29 is 4.79 Å². The zero-order valence-electron chi connectivity index (χ0n) is 10.8. The quantitative estimate of drug-likeness (QED) is 0.883. The summed E-state index contributed by atoms with van der Waals surface area (Å²) in [5.74, 6) is -0.538. The third-order valence-electron chi connectivity index (χ3n) is 3.29. The summed E-state index contributed by atoms with van der Waals surface area (Å²) in [6.07, 6.45) is 4.18. The molecule has 0 spiro atoms. The highest BCUT2D eigenvalue weighted by molar-refractivity contribution is 6.30. The fourth-order valence-electron chi connectivity index (χ4n) is 2.03. The second-order valence-electron chi connectivity index (χ2n) is 4.94. The molecule has 0 atom stereocenters. The molecule has 104 valence electrons. The number of nitrogens with two attached hydrogens (primary N) is 1. The van der Waals surface area contributed by atoms with Gasteiger partial charge in [-0.05, 0) is 36.6 Å². The van der Waals surface area contributed by atoms with Gasteiger partial charge in [-0.3, -0.25) is 4.79 Å². The van der Waals surface area contributed by atoms with Crippen molar-refractivity contribution in [2.75, 3.05) is 0 Å². The molecule has 20 heavy (non-hydrogen) atoms. The lowest BCUT2D eigenvalue weighted by Gasteiger charge is -2.11. The van der Waals surface area contributed by atoms with Crippen LogP contribution in [0.1, 0.15) is 28.9 Å². The van der Waals surface area contributed by atoms with Crippen molar-refractivity contribution in [3.8, 4) is 5.69 Å². The Labute approximate surface area is 121 Å². The first-order valence-electron chi connectivity index (χ1n) is 6.51. The predicted octanol–water partition coefficient (Wildman–Crippen LogP) is 1.88. The predicted molar refractivity (Wildman–Crippen MR) is 77.0 cm³/mol. The molecule has 0 aliphatic heterocycles. The van der Waals surface area contributed by atoms with Crippen LogP contribution in [0.4, 0.5) is 0 Å². The molecule has 0 radical (unpaired) electrons. The monoisotopic (exact) mass is 290 g/mol. The van der Waals surface area contributed by atoms with Gasteiger partial charge in [-0.25, -0.2) is 4.68 Å². The maximum atomic E-state index is 11.1. The van der Waals surface area contributed by atoms with E-state index in [1.54, 1.807) is 16.9 Å². The molecule has 0 bridgehead atoms. The smallest absolute Gasteiger partial charge is 0.269 e. The zero-order chi connectivity index (χ0) is 14.1. The summed E-state index contributed by atoms with van der Waals surface area (Å²) in [5, 5.41) is 8.27. The van der Waals surface area contributed by atoms with E-state index in [1.165, 1.54) is 12.8 Å². The molecule has 1 heterocycles. The number of benzene rings is 1. The molecule has 1 fully saturated rings. The molecule has 0 saturated heterocycles. The van der Waals surface area contributed by atoms with Crippen LogP contribution >= 0.6 is 11.6 Å². The van der Waals surface area contributed by atoms with Crippen molar-refractivity contribution in [2.24, 2.45) is 5.73 Å². The van der Waals surface area contributed by atoms with E-state index in [2.05, 4.69) is 10.4 Å². The molecule has 1 amide bonds. The lowest BCUT2D eigenvalue weighted by molar-refractivity contribution is 0.0995. The maximum absolute atomic E-state index is 11.1. The first-order chi connectivity index (χ1) is 9.63. The Morgan fingerprint density at radius 2 is 2.25 bits per heavy atom. The highest BCUT2D eigenvalue weighted by Crippen LogP contribution is 2.23. The Kier molecular flexibility index (Phi) is 3.46. The summed E-state index contributed by atoms with van der Waals surface area (Å²) in [6, 6.07) is 7.88. The fraction of sp³-hybridized carbons (Fsp3) is 0.286. The van der Waals surface area contributed by atoms with Gasteiger partial charge in [0.15, 0.2) is 0 Å². The second kappa shape index (κ2) is 5.26. The van der Waals surface area contributed by atoms with Crippen LogP contribution in [0.15, 0.2) is 30.5 Å². The molecule has 5 nitrogen and oxygen atoms in total. The zero-order valence-corrected chi connectivity index (χ0v) is 11.6. The number of aromatic nitrogens is 2. The summed E-state index contributed by atoms with van der Waals surface area (Å²) < 4.78 is 1.63. The van der Waals surface area contributed by atoms with Gasteiger partial charge < -0.3 is 11.1 Å². The van der Waals surface area contributed by atoms with Crippen molar-refractivity contribution in [2.45, 2.75) is 25.4 Å². The first kappa shape index (κ1) is 13.1. The normalized spacial score (nSPS) is 14.4. The molecule has 3 N–H and O–H groups in total. The van der Waals surface area contributed by atoms with Crippen LogP contribution in [0.3, 0.4) is 0 Å². The number of nitrogens with zero attached hydrogens (tertiary/aromatic N) is 2. The van der Waals surface area contributed by atoms with E-state index in [0.717, 1.165) is 17.8 Å². The van der Waals surface area contributed by atoms with E-state index in [1.807, 2.05) is 18.2 Å². The number of carbonyl (C=O) groups is 1. The van der Waals surface area contributed by atoms with E-state index >= 15 is 0 Å². The Morgan fingerprint density at radius 3 is 2.90 bits per heavy atom. The van der Waals surface area contributed by atoms with Crippen LogP contribution in [0, 0.1) is 0 Å². The number of carbonyl (C=O) groups excluding carboxylic acids is 1. The summed E-state index contributed by atoms with van der Waals surface area (Å²) in [7, 11) is 0. The van der Waals surface area contributed by atoms with Crippen LogP contribution in [0.2, 0.25) is 5.02 Å². The molecule has 1 saturated carbocycles. The van der Waals surface area contributed by atoms with Gasteiger partial charge in [0, 0.05) is 23.8 Å². The molecule has 3 rings (SSSR count). The van der Waals surface area contributed by atoms with Crippen molar-refractivity contribution in [1.29, 1.82) is 0 Å². The van der Waals surface area contributed by atoms with Gasteiger partial charge in [-0.2, -0.15) is 5.10 Å². The van der Waals surface area contributed by atoms with Crippen molar-refractivity contribution in [3.63, 3.8) is 0 Å². The van der Waals surface area contributed by atoms with Gasteiger partial charge in [0.25, 0.3) is 5.91 Å². The standard InChI is InChI=1S/C14H15ClN4O/c15-10-2-1-9(8-17-11-3-4-11)13(7-10)19-6-5-12(18-19)14(16)20/h1-2,5-7,11,17H,3-4,8H2,(H2,16,20). The van der Waals surface area contributed by atoms with E-state index in [-0.39, 0.29) is 5.69 Å². The summed E-state index contributed by atoms with van der Waals surface area (Å²) in [6.45, 7) is 0.753.